The summed E-state index contributed by atoms with van der Waals surface area (Å²) in [6.07, 6.45) is -1.56. The molecular formula is C10H11FN2O2S. The van der Waals surface area contributed by atoms with Crippen molar-refractivity contribution in [1.29, 1.82) is 0 Å². The first kappa shape index (κ1) is 12.5. The Hall–Kier alpha value is -1.56. The number of benzene rings is 1. The van der Waals surface area contributed by atoms with E-state index in [4.69, 9.17) is 4.74 Å². The maximum Gasteiger partial charge on any atom is 0.411 e. The van der Waals surface area contributed by atoms with E-state index in [0.717, 1.165) is 9.87 Å². The molecular weight excluding hydrogens is 231 g/mol. The van der Waals surface area contributed by atoms with Gasteiger partial charge >= 0.3 is 6.16 Å². The average Bonchev–Trinajstić information content (AvgIpc) is 2.30. The first-order valence-corrected chi connectivity index (χ1v) is 5.16. The second-order valence-corrected chi connectivity index (χ2v) is 3.69. The fraction of sp³-hybridized carbons (Fsp3) is 0.200. The lowest BCUT2D eigenvalue weighted by Gasteiger charge is -2.08. The predicted octanol–water partition coefficient (Wildman–Crippen LogP) is 2.66. The molecule has 1 amide bonds. The first-order chi connectivity index (χ1) is 7.65. The number of nitrogens with zero attached hydrogens (tertiary/aromatic N) is 2. The summed E-state index contributed by atoms with van der Waals surface area (Å²) >= 11 is 0.684. The van der Waals surface area contributed by atoms with E-state index in [9.17, 15) is 9.18 Å². The van der Waals surface area contributed by atoms with Gasteiger partial charge in [0.15, 0.2) is 0 Å². The van der Waals surface area contributed by atoms with Crippen LogP contribution in [0.15, 0.2) is 34.7 Å². The third-order valence-electron chi connectivity index (χ3n) is 1.71. The highest BCUT2D eigenvalue weighted by molar-refractivity contribution is 7.96. The van der Waals surface area contributed by atoms with Gasteiger partial charge in [-0.05, 0) is 12.1 Å². The van der Waals surface area contributed by atoms with Crippen LogP contribution < -0.4 is 0 Å². The minimum Gasteiger partial charge on any atom is -0.480 e. The summed E-state index contributed by atoms with van der Waals surface area (Å²) in [5, 5.41) is 0. The summed E-state index contributed by atoms with van der Waals surface area (Å²) in [4.78, 5) is 10.3. The lowest BCUT2D eigenvalue weighted by molar-refractivity contribution is 0.209. The van der Waals surface area contributed by atoms with Crippen LogP contribution >= 0.6 is 12.1 Å². The van der Waals surface area contributed by atoms with Crippen molar-refractivity contribution in [3.63, 3.8) is 0 Å². The molecule has 0 atom stereocenters. The van der Waals surface area contributed by atoms with Crippen LogP contribution in [0, 0.1) is 0 Å². The Labute approximate surface area is 97.4 Å². The van der Waals surface area contributed by atoms with Gasteiger partial charge in [0, 0.05) is 12.6 Å². The van der Waals surface area contributed by atoms with Gasteiger partial charge < -0.3 is 4.74 Å². The van der Waals surface area contributed by atoms with E-state index >= 15 is 0 Å². The number of ether oxygens (including phenoxy) is 1. The quantitative estimate of drug-likeness (QED) is 0.269. The predicted molar refractivity (Wildman–Crippen MR) is 61.8 cm³/mol. The molecule has 0 aliphatic heterocycles. The average molecular weight is 242 g/mol. The lowest BCUT2D eigenvalue weighted by Crippen LogP contribution is -2.12. The molecule has 0 saturated carbocycles. The Morgan fingerprint density at radius 2 is 2.06 bits per heavy atom. The zero-order valence-corrected chi connectivity index (χ0v) is 9.70. The molecule has 4 nitrogen and oxygen atoms in total. The smallest absolute Gasteiger partial charge is 0.411 e. The molecule has 1 rings (SSSR count). The molecule has 16 heavy (non-hydrogen) atoms. The van der Waals surface area contributed by atoms with Crippen molar-refractivity contribution in [2.75, 3.05) is 14.2 Å². The van der Waals surface area contributed by atoms with Crippen LogP contribution in [0.3, 0.4) is 0 Å². The number of hydrogen-bond acceptors (Lipinski definition) is 4. The summed E-state index contributed by atoms with van der Waals surface area (Å²) < 4.78 is 21.9. The minimum atomic E-state index is -1.56. The minimum absolute atomic E-state index is 0.332. The van der Waals surface area contributed by atoms with Crippen LogP contribution in [0.25, 0.3) is 0 Å². The zero-order chi connectivity index (χ0) is 12.0. The van der Waals surface area contributed by atoms with E-state index in [1.165, 1.54) is 14.2 Å². The number of carbonyl (C=O) groups is 1. The molecule has 0 heterocycles. The van der Waals surface area contributed by atoms with Gasteiger partial charge in [-0.15, -0.1) is 4.39 Å². The van der Waals surface area contributed by atoms with Crippen LogP contribution in [-0.2, 0) is 4.74 Å². The van der Waals surface area contributed by atoms with Crippen molar-refractivity contribution in [2.24, 2.45) is 4.40 Å². The van der Waals surface area contributed by atoms with Gasteiger partial charge in [-0.25, -0.2) is 9.10 Å². The van der Waals surface area contributed by atoms with E-state index < -0.39 is 6.16 Å². The highest BCUT2D eigenvalue weighted by Gasteiger charge is 2.08. The molecule has 1 aromatic carbocycles. The van der Waals surface area contributed by atoms with E-state index in [2.05, 4.69) is 4.40 Å². The van der Waals surface area contributed by atoms with Crippen LogP contribution in [0.4, 0.5) is 9.18 Å². The Bertz CT molecular complexity index is 384. The molecule has 1 aromatic rings. The van der Waals surface area contributed by atoms with Gasteiger partial charge in [0.25, 0.3) is 0 Å². The first-order valence-electron chi connectivity index (χ1n) is 4.43. The third-order valence-corrected chi connectivity index (χ3v) is 2.34. The van der Waals surface area contributed by atoms with Gasteiger partial charge in [0.2, 0.25) is 5.90 Å². The molecule has 6 heteroatoms. The molecule has 0 N–H and O–H groups in total. The molecule has 0 bridgehead atoms. The Morgan fingerprint density at radius 3 is 2.56 bits per heavy atom. The fourth-order valence-electron chi connectivity index (χ4n) is 0.919. The Kier molecular flexibility index (Phi) is 4.78. The van der Waals surface area contributed by atoms with Crippen LogP contribution in [0.1, 0.15) is 5.56 Å². The van der Waals surface area contributed by atoms with Crippen LogP contribution in [0.5, 0.6) is 0 Å². The fourth-order valence-corrected chi connectivity index (χ4v) is 1.36. The molecule has 0 radical (unpaired) electrons. The molecule has 0 aliphatic rings. The SMILES string of the molecule is COC(=NSN(C)C(=O)F)c1ccccc1. The van der Waals surface area contributed by atoms with Crippen LogP contribution in [-0.4, -0.2) is 30.5 Å². The van der Waals surface area contributed by atoms with Crippen molar-refractivity contribution in [3.05, 3.63) is 35.9 Å². The van der Waals surface area contributed by atoms with Crippen LogP contribution in [0.2, 0.25) is 0 Å². The largest absolute Gasteiger partial charge is 0.480 e. The van der Waals surface area contributed by atoms with Gasteiger partial charge in [0.1, 0.15) is 12.1 Å². The summed E-state index contributed by atoms with van der Waals surface area (Å²) in [5.74, 6) is 0.332. The molecule has 0 aromatic heterocycles. The maximum absolute atomic E-state index is 12.2. The van der Waals surface area contributed by atoms with Crippen molar-refractivity contribution in [2.45, 2.75) is 0 Å². The van der Waals surface area contributed by atoms with E-state index in [-0.39, 0.29) is 0 Å². The molecule has 86 valence electrons. The van der Waals surface area contributed by atoms with Crippen molar-refractivity contribution < 1.29 is 13.9 Å². The van der Waals surface area contributed by atoms with Crippen molar-refractivity contribution in [3.8, 4) is 0 Å². The van der Waals surface area contributed by atoms with Gasteiger partial charge in [-0.2, -0.15) is 4.40 Å². The molecule has 0 fully saturated rings. The maximum atomic E-state index is 12.2. The number of methoxy groups -OCH3 is 1. The molecule has 0 spiro atoms. The summed E-state index contributed by atoms with van der Waals surface area (Å²) in [7, 11) is 2.75. The second kappa shape index (κ2) is 6.12. The molecule has 0 saturated heterocycles. The molecule has 0 unspecified atom stereocenters. The highest BCUT2D eigenvalue weighted by atomic mass is 32.2. The zero-order valence-electron chi connectivity index (χ0n) is 8.88. The summed E-state index contributed by atoms with van der Waals surface area (Å²) in [5.41, 5.74) is 0.761. The van der Waals surface area contributed by atoms with Gasteiger partial charge in [-0.3, -0.25) is 0 Å². The van der Waals surface area contributed by atoms with E-state index in [1.54, 1.807) is 12.1 Å². The highest BCUT2D eigenvalue weighted by Crippen LogP contribution is 2.13. The summed E-state index contributed by atoms with van der Waals surface area (Å²) in [6.45, 7) is 0. The van der Waals surface area contributed by atoms with Crippen molar-refractivity contribution in [1.82, 2.24) is 4.31 Å². The van der Waals surface area contributed by atoms with Crippen molar-refractivity contribution >= 4 is 24.2 Å². The number of rotatable bonds is 3. The number of halogens is 1. The van der Waals surface area contributed by atoms with E-state index in [0.29, 0.717) is 18.0 Å². The lowest BCUT2D eigenvalue weighted by atomic mass is 10.2. The standard InChI is InChI=1S/C10H11FN2O2S/c1-13(10(11)14)16-12-9(15-2)8-6-4-3-5-7-8/h3-7H,1-2H3. The number of carbonyl (C=O) groups excluding carboxylic acids is 1. The molecule has 0 aliphatic carbocycles. The third kappa shape index (κ3) is 3.54. The van der Waals surface area contributed by atoms with Gasteiger partial charge in [0.05, 0.1) is 7.11 Å². The van der Waals surface area contributed by atoms with E-state index in [1.807, 2.05) is 18.2 Å². The van der Waals surface area contributed by atoms with Gasteiger partial charge in [-0.1, -0.05) is 18.2 Å². The monoisotopic (exact) mass is 242 g/mol. The number of hydrogen-bond donors (Lipinski definition) is 0. The topological polar surface area (TPSA) is 41.9 Å². The second-order valence-electron chi connectivity index (χ2n) is 2.80. The summed E-state index contributed by atoms with van der Waals surface area (Å²) in [6, 6.07) is 9.14. The Balaban J connectivity index is 2.75. The number of amides is 1. The normalized spacial score (nSPS) is 11.1. The Morgan fingerprint density at radius 1 is 1.44 bits per heavy atom.